The van der Waals surface area contributed by atoms with Gasteiger partial charge in [-0.2, -0.15) is 0 Å². The molecule has 2 aliphatic rings. The summed E-state index contributed by atoms with van der Waals surface area (Å²) in [7, 11) is 0. The second kappa shape index (κ2) is 5.65. The highest BCUT2D eigenvalue weighted by atomic mass is 32.1. The van der Waals surface area contributed by atoms with E-state index >= 15 is 0 Å². The first-order valence-corrected chi connectivity index (χ1v) is 9.13. The van der Waals surface area contributed by atoms with Crippen LogP contribution in [0.5, 0.6) is 0 Å². The van der Waals surface area contributed by atoms with Gasteiger partial charge >= 0.3 is 6.09 Å². The lowest BCUT2D eigenvalue weighted by Crippen LogP contribution is -2.49. The predicted octanol–water partition coefficient (Wildman–Crippen LogP) is 3.08. The fourth-order valence-corrected chi connectivity index (χ4v) is 4.54. The molecule has 1 aliphatic carbocycles. The number of hydrogen-bond acceptors (Lipinski definition) is 5. The zero-order chi connectivity index (χ0) is 17.7. The Morgan fingerprint density at radius 2 is 2.04 bits per heavy atom. The van der Waals surface area contributed by atoms with E-state index in [9.17, 15) is 9.59 Å². The van der Waals surface area contributed by atoms with Crippen molar-refractivity contribution in [1.29, 1.82) is 0 Å². The van der Waals surface area contributed by atoms with Crippen molar-refractivity contribution in [3.05, 3.63) is 16.5 Å². The van der Waals surface area contributed by atoms with Crippen LogP contribution in [0.15, 0.2) is 6.07 Å². The smallest absolute Gasteiger partial charge is 0.410 e. The molecule has 7 heteroatoms. The van der Waals surface area contributed by atoms with E-state index in [1.54, 1.807) is 0 Å². The van der Waals surface area contributed by atoms with Crippen LogP contribution in [0.4, 0.5) is 9.80 Å². The third kappa shape index (κ3) is 3.22. The highest BCUT2D eigenvalue weighted by molar-refractivity contribution is 7.16. The lowest BCUT2D eigenvalue weighted by atomic mass is 9.88. The Kier molecular flexibility index (Phi) is 4.02. The minimum atomic E-state index is -0.484. The van der Waals surface area contributed by atoms with Crippen LogP contribution in [0.25, 0.3) is 0 Å². The van der Waals surface area contributed by atoms with Crippen molar-refractivity contribution in [2.24, 2.45) is 5.73 Å². The largest absolute Gasteiger partial charge is 0.444 e. The number of primary amides is 1. The van der Waals surface area contributed by atoms with Gasteiger partial charge in [-0.1, -0.05) is 0 Å². The number of carbonyl (C=O) groups excluding carboxylic acids is 2. The van der Waals surface area contributed by atoms with Crippen molar-refractivity contribution in [2.75, 3.05) is 12.3 Å². The third-order valence-electron chi connectivity index (χ3n) is 4.79. The Bertz CT molecular complexity index is 673. The van der Waals surface area contributed by atoms with E-state index in [-0.39, 0.29) is 11.6 Å². The fraction of sp³-hybridized carbons (Fsp3) is 0.647. The van der Waals surface area contributed by atoms with Crippen LogP contribution in [-0.2, 0) is 4.74 Å². The van der Waals surface area contributed by atoms with Crippen molar-refractivity contribution >= 4 is 28.3 Å². The highest BCUT2D eigenvalue weighted by Gasteiger charge is 2.54. The summed E-state index contributed by atoms with van der Waals surface area (Å²) in [6.07, 6.45) is 3.53. The number of nitrogens with zero attached hydrogens (tertiary/aromatic N) is 1. The monoisotopic (exact) mass is 351 g/mol. The van der Waals surface area contributed by atoms with Crippen LogP contribution in [0.3, 0.4) is 0 Å². The molecule has 24 heavy (non-hydrogen) atoms. The molecule has 1 atom stereocenters. The number of likely N-dealkylation sites (tertiary alicyclic amines) is 1. The lowest BCUT2D eigenvalue weighted by Gasteiger charge is -2.40. The zero-order valence-electron chi connectivity index (χ0n) is 14.4. The lowest BCUT2D eigenvalue weighted by molar-refractivity contribution is 0.00384. The van der Waals surface area contributed by atoms with E-state index in [2.05, 4.69) is 0 Å². The average molecular weight is 351 g/mol. The maximum Gasteiger partial charge on any atom is 0.410 e. The van der Waals surface area contributed by atoms with Crippen LogP contribution in [0.2, 0.25) is 0 Å². The van der Waals surface area contributed by atoms with Crippen molar-refractivity contribution in [3.8, 4) is 0 Å². The van der Waals surface area contributed by atoms with Gasteiger partial charge in [-0.05, 0) is 58.4 Å². The number of anilines is 1. The molecule has 3 rings (SSSR count). The van der Waals surface area contributed by atoms with Crippen LogP contribution in [0, 0.1) is 0 Å². The first-order valence-electron chi connectivity index (χ1n) is 8.31. The Balaban J connectivity index is 1.74. The van der Waals surface area contributed by atoms with Gasteiger partial charge in [0.05, 0.1) is 10.6 Å². The molecule has 1 aromatic rings. The Morgan fingerprint density at radius 1 is 1.38 bits per heavy atom. The van der Waals surface area contributed by atoms with Gasteiger partial charge in [-0.3, -0.25) is 4.79 Å². The number of carbonyl (C=O) groups is 2. The summed E-state index contributed by atoms with van der Waals surface area (Å²) in [6.45, 7) is 6.33. The van der Waals surface area contributed by atoms with Gasteiger partial charge in [0.15, 0.2) is 0 Å². The summed E-state index contributed by atoms with van der Waals surface area (Å²) >= 11 is 1.44. The molecule has 2 heterocycles. The molecule has 2 amide bonds. The molecule has 1 spiro atoms. The molecule has 0 radical (unpaired) electrons. The van der Waals surface area contributed by atoms with Gasteiger partial charge in [0, 0.05) is 17.0 Å². The summed E-state index contributed by atoms with van der Waals surface area (Å²) in [5, 5.41) is 0.483. The molecule has 1 aliphatic heterocycles. The molecule has 1 saturated heterocycles. The maximum atomic E-state index is 12.5. The molecule has 1 aromatic heterocycles. The number of thiophene rings is 1. The van der Waals surface area contributed by atoms with Crippen molar-refractivity contribution < 1.29 is 14.3 Å². The average Bonchev–Trinajstić information content (AvgIpc) is 3.07. The van der Waals surface area contributed by atoms with Crippen LogP contribution in [-0.4, -0.2) is 34.6 Å². The summed E-state index contributed by atoms with van der Waals surface area (Å²) in [5.41, 5.74) is 11.1. The molecule has 0 bridgehead atoms. The van der Waals surface area contributed by atoms with Gasteiger partial charge in [0.2, 0.25) is 0 Å². The van der Waals surface area contributed by atoms with E-state index in [1.165, 1.54) is 11.3 Å². The first kappa shape index (κ1) is 17.1. The normalized spacial score (nSPS) is 22.5. The van der Waals surface area contributed by atoms with E-state index in [4.69, 9.17) is 16.2 Å². The molecular weight excluding hydrogens is 326 g/mol. The van der Waals surface area contributed by atoms with Crippen LogP contribution in [0.1, 0.15) is 67.6 Å². The molecule has 1 saturated carbocycles. The van der Waals surface area contributed by atoms with Gasteiger partial charge in [0.1, 0.15) is 5.60 Å². The topological polar surface area (TPSA) is 98.6 Å². The Morgan fingerprint density at radius 3 is 2.54 bits per heavy atom. The fourth-order valence-electron chi connectivity index (χ4n) is 3.47. The van der Waals surface area contributed by atoms with E-state index in [0.29, 0.717) is 23.0 Å². The number of ether oxygens (including phenoxy) is 1. The Hall–Kier alpha value is -1.76. The highest BCUT2D eigenvalue weighted by Crippen LogP contribution is 2.53. The zero-order valence-corrected chi connectivity index (χ0v) is 15.2. The summed E-state index contributed by atoms with van der Waals surface area (Å²) in [4.78, 5) is 26.9. The second-order valence-corrected chi connectivity index (χ2v) is 8.95. The second-order valence-electron chi connectivity index (χ2n) is 7.84. The summed E-state index contributed by atoms with van der Waals surface area (Å²) in [5.74, 6) is -0.172. The Labute approximate surface area is 146 Å². The molecule has 132 valence electrons. The molecular formula is C17H25N3O3S. The van der Waals surface area contributed by atoms with Crippen LogP contribution < -0.4 is 11.5 Å². The number of rotatable bonds is 2. The van der Waals surface area contributed by atoms with Gasteiger partial charge in [-0.25, -0.2) is 4.79 Å². The molecule has 2 fully saturated rings. The first-order chi connectivity index (χ1) is 11.1. The number of hydrogen-bond donors (Lipinski definition) is 2. The standard InChI is InChI=1S/C17H25N3O3S/c1-16(2,3)23-15(22)20-7-4-10(9-17(20)5-6-17)12-8-11(13(18)21)14(19)24-12/h8,10H,4-7,9,19H2,1-3H3,(H2,18,21). The molecule has 6 nitrogen and oxygen atoms in total. The SMILES string of the molecule is CC(C)(C)OC(=O)N1CCC(c2cc(C(N)=O)c(N)s2)CC12CC2. The minimum Gasteiger partial charge on any atom is -0.444 e. The van der Waals surface area contributed by atoms with E-state index in [0.717, 1.165) is 30.6 Å². The number of amides is 2. The summed E-state index contributed by atoms with van der Waals surface area (Å²) < 4.78 is 5.56. The predicted molar refractivity (Wildman–Crippen MR) is 94.1 cm³/mol. The van der Waals surface area contributed by atoms with E-state index < -0.39 is 11.5 Å². The third-order valence-corrected chi connectivity index (χ3v) is 5.92. The van der Waals surface area contributed by atoms with Crippen LogP contribution >= 0.6 is 11.3 Å². The van der Waals surface area contributed by atoms with Gasteiger partial charge in [0.25, 0.3) is 5.91 Å². The minimum absolute atomic E-state index is 0.0864. The number of nitrogens with two attached hydrogens (primary N) is 2. The van der Waals surface area contributed by atoms with E-state index in [1.807, 2.05) is 31.7 Å². The van der Waals surface area contributed by atoms with Crippen molar-refractivity contribution in [3.63, 3.8) is 0 Å². The molecule has 0 aromatic carbocycles. The molecule has 1 unspecified atom stereocenters. The number of nitrogen functional groups attached to an aromatic ring is 1. The quantitative estimate of drug-likeness (QED) is 0.855. The van der Waals surface area contributed by atoms with Gasteiger partial charge < -0.3 is 21.1 Å². The van der Waals surface area contributed by atoms with Crippen molar-refractivity contribution in [1.82, 2.24) is 4.90 Å². The maximum absolute atomic E-state index is 12.5. The van der Waals surface area contributed by atoms with Gasteiger partial charge in [-0.15, -0.1) is 11.3 Å². The van der Waals surface area contributed by atoms with Crippen molar-refractivity contribution in [2.45, 2.75) is 63.5 Å². The summed E-state index contributed by atoms with van der Waals surface area (Å²) in [6, 6.07) is 1.83. The molecule has 4 N–H and O–H groups in total. The number of piperidine rings is 1.